The molecule has 0 saturated carbocycles. The maximum absolute atomic E-state index is 5.51. The summed E-state index contributed by atoms with van der Waals surface area (Å²) in [5.74, 6) is 0.955. The van der Waals surface area contributed by atoms with E-state index in [1.54, 1.807) is 7.11 Å². The Hall–Kier alpha value is -1.22. The second-order valence-electron chi connectivity index (χ2n) is 6.93. The zero-order chi connectivity index (χ0) is 14.1. The highest BCUT2D eigenvalue weighted by Gasteiger charge is 2.33. The van der Waals surface area contributed by atoms with E-state index in [0.29, 0.717) is 0 Å². The van der Waals surface area contributed by atoms with Gasteiger partial charge in [0, 0.05) is 25.2 Å². The van der Waals surface area contributed by atoms with Crippen LogP contribution in [0, 0.1) is 5.41 Å². The molecule has 0 spiro atoms. The van der Waals surface area contributed by atoms with Crippen molar-refractivity contribution < 1.29 is 4.74 Å². The average Bonchev–Trinajstić information content (AvgIpc) is 2.46. The number of nitrogens with zero attached hydrogens (tertiary/aromatic N) is 1. The van der Waals surface area contributed by atoms with Crippen LogP contribution in [0.5, 0.6) is 5.75 Å². The van der Waals surface area contributed by atoms with Crippen LogP contribution in [0.4, 0.5) is 5.69 Å². The minimum atomic E-state index is 0.106. The van der Waals surface area contributed by atoms with Crippen LogP contribution in [-0.2, 0) is 0 Å². The van der Waals surface area contributed by atoms with Crippen molar-refractivity contribution in [1.82, 2.24) is 5.32 Å². The summed E-state index contributed by atoms with van der Waals surface area (Å²) in [5, 5.41) is 3.67. The van der Waals surface area contributed by atoms with Crippen molar-refractivity contribution in [3.8, 4) is 5.75 Å². The smallest absolute Gasteiger partial charge is 0.142 e. The van der Waals surface area contributed by atoms with Gasteiger partial charge < -0.3 is 15.0 Å². The van der Waals surface area contributed by atoms with Gasteiger partial charge in [-0.15, -0.1) is 0 Å². The van der Waals surface area contributed by atoms with Crippen LogP contribution >= 0.6 is 0 Å². The summed E-state index contributed by atoms with van der Waals surface area (Å²) in [4.78, 5) is 2.44. The molecule has 1 heterocycles. The van der Waals surface area contributed by atoms with Crippen LogP contribution in [0.3, 0.4) is 0 Å². The Morgan fingerprint density at radius 3 is 2.47 bits per heavy atom. The highest BCUT2D eigenvalue weighted by atomic mass is 16.5. The van der Waals surface area contributed by atoms with Crippen molar-refractivity contribution in [3.63, 3.8) is 0 Å². The minimum absolute atomic E-state index is 0.106. The fraction of sp³-hybridized carbons (Fsp3) is 0.625. The summed E-state index contributed by atoms with van der Waals surface area (Å²) in [6, 6.07) is 8.29. The van der Waals surface area contributed by atoms with Crippen LogP contribution in [0.2, 0.25) is 0 Å². The van der Waals surface area contributed by atoms with E-state index in [1.165, 1.54) is 5.69 Å². The van der Waals surface area contributed by atoms with Crippen molar-refractivity contribution in [3.05, 3.63) is 24.3 Å². The van der Waals surface area contributed by atoms with E-state index in [-0.39, 0.29) is 11.0 Å². The number of rotatable bonds is 2. The summed E-state index contributed by atoms with van der Waals surface area (Å²) < 4.78 is 5.51. The molecule has 3 heteroatoms. The molecule has 0 atom stereocenters. The van der Waals surface area contributed by atoms with Gasteiger partial charge in [-0.3, -0.25) is 0 Å². The maximum atomic E-state index is 5.51. The molecule has 0 bridgehead atoms. The normalized spacial score (nSPS) is 21.8. The fourth-order valence-electron chi connectivity index (χ4n) is 2.70. The van der Waals surface area contributed by atoms with Crippen molar-refractivity contribution >= 4 is 5.69 Å². The van der Waals surface area contributed by atoms with Gasteiger partial charge in [0.1, 0.15) is 5.75 Å². The minimum Gasteiger partial charge on any atom is -0.495 e. The van der Waals surface area contributed by atoms with E-state index < -0.39 is 0 Å². The predicted molar refractivity (Wildman–Crippen MR) is 81.1 cm³/mol. The highest BCUT2D eigenvalue weighted by Crippen LogP contribution is 2.33. The van der Waals surface area contributed by atoms with Crippen LogP contribution in [-0.4, -0.2) is 32.3 Å². The SMILES string of the molecule is COc1ccccc1N1CC(C)(C)CNC(C)(C)C1. The van der Waals surface area contributed by atoms with Crippen molar-refractivity contribution in [2.75, 3.05) is 31.6 Å². The van der Waals surface area contributed by atoms with E-state index >= 15 is 0 Å². The molecule has 0 unspecified atom stereocenters. The highest BCUT2D eigenvalue weighted by molar-refractivity contribution is 5.59. The van der Waals surface area contributed by atoms with E-state index in [0.717, 1.165) is 25.4 Å². The summed E-state index contributed by atoms with van der Waals surface area (Å²) in [7, 11) is 1.74. The first kappa shape index (κ1) is 14.2. The molecule has 1 aromatic rings. The van der Waals surface area contributed by atoms with Gasteiger partial charge in [0.05, 0.1) is 12.8 Å². The lowest BCUT2D eigenvalue weighted by molar-refractivity contribution is 0.332. The van der Waals surface area contributed by atoms with Crippen LogP contribution in [0.1, 0.15) is 27.7 Å². The topological polar surface area (TPSA) is 24.5 Å². The number of benzene rings is 1. The zero-order valence-electron chi connectivity index (χ0n) is 12.8. The van der Waals surface area contributed by atoms with E-state index in [4.69, 9.17) is 4.74 Å². The third kappa shape index (κ3) is 3.41. The Labute approximate surface area is 116 Å². The second-order valence-corrected chi connectivity index (χ2v) is 6.93. The first-order valence-corrected chi connectivity index (χ1v) is 6.96. The summed E-state index contributed by atoms with van der Waals surface area (Å²) >= 11 is 0. The molecular formula is C16H26N2O. The molecule has 0 aliphatic carbocycles. The van der Waals surface area contributed by atoms with Gasteiger partial charge in [0.2, 0.25) is 0 Å². The van der Waals surface area contributed by atoms with Gasteiger partial charge in [-0.25, -0.2) is 0 Å². The fourth-order valence-corrected chi connectivity index (χ4v) is 2.70. The molecule has 2 rings (SSSR count). The van der Waals surface area contributed by atoms with E-state index in [9.17, 15) is 0 Å². The summed E-state index contributed by atoms with van der Waals surface area (Å²) in [5.41, 5.74) is 1.54. The molecule has 1 aliphatic rings. The van der Waals surface area contributed by atoms with Crippen LogP contribution in [0.25, 0.3) is 0 Å². The number of nitrogens with one attached hydrogen (secondary N) is 1. The lowest BCUT2D eigenvalue weighted by Gasteiger charge is -2.33. The van der Waals surface area contributed by atoms with Gasteiger partial charge in [0.25, 0.3) is 0 Å². The molecule has 106 valence electrons. The Morgan fingerprint density at radius 1 is 1.11 bits per heavy atom. The lowest BCUT2D eigenvalue weighted by atomic mass is 9.93. The Balaban J connectivity index is 2.35. The van der Waals surface area contributed by atoms with Gasteiger partial charge in [-0.05, 0) is 31.4 Å². The van der Waals surface area contributed by atoms with Gasteiger partial charge in [0.15, 0.2) is 0 Å². The monoisotopic (exact) mass is 262 g/mol. The number of methoxy groups -OCH3 is 1. The molecule has 1 N–H and O–H groups in total. The van der Waals surface area contributed by atoms with Crippen LogP contribution in [0.15, 0.2) is 24.3 Å². The zero-order valence-corrected chi connectivity index (χ0v) is 12.8. The maximum Gasteiger partial charge on any atom is 0.142 e. The molecule has 0 amide bonds. The first-order chi connectivity index (χ1) is 8.83. The van der Waals surface area contributed by atoms with Gasteiger partial charge >= 0.3 is 0 Å². The van der Waals surface area contributed by atoms with Crippen molar-refractivity contribution in [2.45, 2.75) is 33.2 Å². The largest absolute Gasteiger partial charge is 0.495 e. The van der Waals surface area contributed by atoms with Gasteiger partial charge in [-0.1, -0.05) is 26.0 Å². The first-order valence-electron chi connectivity index (χ1n) is 6.96. The molecule has 3 nitrogen and oxygen atoms in total. The molecule has 1 aromatic carbocycles. The number of anilines is 1. The second kappa shape index (κ2) is 5.04. The summed E-state index contributed by atoms with van der Waals surface area (Å²) in [6.07, 6.45) is 0. The van der Waals surface area contributed by atoms with Crippen molar-refractivity contribution in [2.24, 2.45) is 5.41 Å². The summed E-state index contributed by atoms with van der Waals surface area (Å²) in [6.45, 7) is 12.2. The Kier molecular flexibility index (Phi) is 3.77. The van der Waals surface area contributed by atoms with E-state index in [2.05, 4.69) is 50.0 Å². The van der Waals surface area contributed by atoms with E-state index in [1.807, 2.05) is 12.1 Å². The van der Waals surface area contributed by atoms with Crippen molar-refractivity contribution in [1.29, 1.82) is 0 Å². The molecular weight excluding hydrogens is 236 g/mol. The Bertz CT molecular complexity index is 422. The van der Waals surface area contributed by atoms with Gasteiger partial charge in [-0.2, -0.15) is 0 Å². The standard InChI is InChI=1S/C16H26N2O/c1-15(2)10-17-16(3,4)12-18(11-15)13-8-6-7-9-14(13)19-5/h6-9,17H,10-12H2,1-5H3. The average molecular weight is 262 g/mol. The Morgan fingerprint density at radius 2 is 1.79 bits per heavy atom. The molecule has 0 radical (unpaired) electrons. The number of hydrogen-bond acceptors (Lipinski definition) is 3. The molecule has 1 saturated heterocycles. The number of hydrogen-bond donors (Lipinski definition) is 1. The number of para-hydroxylation sites is 2. The third-order valence-electron chi connectivity index (χ3n) is 3.68. The third-order valence-corrected chi connectivity index (χ3v) is 3.68. The quantitative estimate of drug-likeness (QED) is 0.887. The predicted octanol–water partition coefficient (Wildman–Crippen LogP) is 2.91. The molecule has 0 aromatic heterocycles. The number of ether oxygens (including phenoxy) is 1. The molecule has 19 heavy (non-hydrogen) atoms. The van der Waals surface area contributed by atoms with Crippen LogP contribution < -0.4 is 15.0 Å². The molecule has 1 aliphatic heterocycles. The lowest BCUT2D eigenvalue weighted by Crippen LogP contribution is -2.46. The molecule has 1 fully saturated rings.